The van der Waals surface area contributed by atoms with Crippen LogP contribution < -0.4 is 15.8 Å². The van der Waals surface area contributed by atoms with E-state index in [-0.39, 0.29) is 34.2 Å². The molecule has 212 valence electrons. The summed E-state index contributed by atoms with van der Waals surface area (Å²) in [7, 11) is 1.74. The fraction of sp³-hybridized carbons (Fsp3) is 0.276. The minimum Gasteiger partial charge on any atom is -0.382 e. The molecule has 1 N–H and O–H groups in total. The molecule has 2 aliphatic rings. The quantitative estimate of drug-likeness (QED) is 0.231. The van der Waals surface area contributed by atoms with Crippen LogP contribution in [0, 0.1) is 6.92 Å². The van der Waals surface area contributed by atoms with Gasteiger partial charge in [0.25, 0.3) is 17.4 Å². The number of hydrogen-bond acceptors (Lipinski definition) is 7. The molecule has 0 saturated carbocycles. The molecule has 1 aromatic heterocycles. The van der Waals surface area contributed by atoms with E-state index < -0.39 is 11.8 Å². The van der Waals surface area contributed by atoms with Crippen molar-refractivity contribution in [2.45, 2.75) is 20.3 Å². The SMILES string of the molecule is CCOCCCN1C(=O)/C(=C2/C(=O)N(CC(=O)Nc3c(C)n(C)n(-c4ccccc4)c3=O)c3ccccc32)SC1=S. The standard InChI is InChI=1S/C29H29N5O5S2/c1-4-39-16-10-15-32-28(38)25(41-29(32)40)23-20-13-8-9-14-21(20)33(26(23)36)17-22(35)30-24-18(2)31(3)34(27(24)37)19-11-6-5-7-12-19/h5-9,11-14H,4,10,15-17H2,1-3H3,(H,30,35)/b25-23-. The van der Waals surface area contributed by atoms with Crippen molar-refractivity contribution in [1.29, 1.82) is 0 Å². The number of ether oxygens (including phenoxy) is 1. The lowest BCUT2D eigenvalue weighted by Gasteiger charge is -2.16. The second kappa shape index (κ2) is 11.9. The van der Waals surface area contributed by atoms with E-state index in [0.29, 0.717) is 53.1 Å². The summed E-state index contributed by atoms with van der Waals surface area (Å²) in [5, 5.41) is 2.71. The lowest BCUT2D eigenvalue weighted by Crippen LogP contribution is -2.36. The van der Waals surface area contributed by atoms with Crippen LogP contribution in [0.5, 0.6) is 0 Å². The summed E-state index contributed by atoms with van der Waals surface area (Å²) in [4.78, 5) is 56.7. The molecule has 5 rings (SSSR count). The molecular formula is C29H29N5O5S2. The van der Waals surface area contributed by atoms with E-state index in [1.165, 1.54) is 14.5 Å². The number of rotatable bonds is 9. The monoisotopic (exact) mass is 591 g/mol. The van der Waals surface area contributed by atoms with E-state index in [2.05, 4.69) is 5.32 Å². The Morgan fingerprint density at radius 3 is 2.44 bits per heavy atom. The van der Waals surface area contributed by atoms with Crippen molar-refractivity contribution in [3.8, 4) is 5.69 Å². The molecule has 1 saturated heterocycles. The van der Waals surface area contributed by atoms with Gasteiger partial charge >= 0.3 is 0 Å². The number of thioether (sulfide) groups is 1. The Balaban J connectivity index is 1.40. The van der Waals surface area contributed by atoms with Gasteiger partial charge in [0.05, 0.1) is 27.5 Å². The van der Waals surface area contributed by atoms with Gasteiger partial charge in [-0.25, -0.2) is 4.68 Å². The van der Waals surface area contributed by atoms with Crippen LogP contribution >= 0.6 is 24.0 Å². The molecule has 0 radical (unpaired) electrons. The van der Waals surface area contributed by atoms with E-state index in [4.69, 9.17) is 17.0 Å². The molecule has 0 spiro atoms. The molecule has 2 aliphatic heterocycles. The maximum atomic E-state index is 13.7. The van der Waals surface area contributed by atoms with E-state index in [1.54, 1.807) is 55.1 Å². The molecule has 0 bridgehead atoms. The fourth-order valence-corrected chi connectivity index (χ4v) is 6.28. The van der Waals surface area contributed by atoms with Gasteiger partial charge in [0.1, 0.15) is 16.6 Å². The number of nitrogens with zero attached hydrogens (tertiary/aromatic N) is 4. The summed E-state index contributed by atoms with van der Waals surface area (Å²) in [5.41, 5.74) is 2.26. The first kappa shape index (κ1) is 28.5. The largest absolute Gasteiger partial charge is 0.382 e. The zero-order chi connectivity index (χ0) is 29.3. The van der Waals surface area contributed by atoms with Crippen LogP contribution in [0.4, 0.5) is 11.4 Å². The number of nitrogens with one attached hydrogen (secondary N) is 1. The second-order valence-corrected chi connectivity index (χ2v) is 11.1. The number of aromatic nitrogens is 2. The Hall–Kier alpha value is -4.00. The molecule has 3 aromatic rings. The van der Waals surface area contributed by atoms with Gasteiger partial charge in [-0.1, -0.05) is 60.4 Å². The van der Waals surface area contributed by atoms with Gasteiger partial charge in [0, 0.05) is 32.4 Å². The first-order valence-corrected chi connectivity index (χ1v) is 14.4. The van der Waals surface area contributed by atoms with E-state index in [1.807, 2.05) is 25.1 Å². The Morgan fingerprint density at radius 1 is 1.00 bits per heavy atom. The third kappa shape index (κ3) is 5.25. The summed E-state index contributed by atoms with van der Waals surface area (Å²) < 4.78 is 8.88. The Kier molecular flexibility index (Phi) is 8.25. The average molecular weight is 592 g/mol. The summed E-state index contributed by atoms with van der Waals surface area (Å²) in [6, 6.07) is 16.1. The zero-order valence-corrected chi connectivity index (χ0v) is 24.5. The molecule has 3 heterocycles. The summed E-state index contributed by atoms with van der Waals surface area (Å²) in [6.45, 7) is 4.78. The summed E-state index contributed by atoms with van der Waals surface area (Å²) >= 11 is 6.55. The molecule has 1 fully saturated rings. The highest BCUT2D eigenvalue weighted by atomic mass is 32.2. The maximum Gasteiger partial charge on any atom is 0.295 e. The number of para-hydroxylation sites is 2. The van der Waals surface area contributed by atoms with Crippen LogP contribution in [-0.2, 0) is 26.2 Å². The van der Waals surface area contributed by atoms with Crippen LogP contribution in [0.2, 0.25) is 0 Å². The number of fused-ring (bicyclic) bond motifs is 1. The predicted molar refractivity (Wildman–Crippen MR) is 163 cm³/mol. The van der Waals surface area contributed by atoms with Gasteiger partial charge in [0.2, 0.25) is 5.91 Å². The van der Waals surface area contributed by atoms with Crippen LogP contribution in [0.15, 0.2) is 64.3 Å². The van der Waals surface area contributed by atoms with E-state index in [9.17, 15) is 19.2 Å². The number of anilines is 2. The predicted octanol–water partition coefficient (Wildman–Crippen LogP) is 3.47. The van der Waals surface area contributed by atoms with Crippen LogP contribution in [0.3, 0.4) is 0 Å². The topological polar surface area (TPSA) is 106 Å². The Labute approximate surface area is 246 Å². The molecule has 3 amide bonds. The first-order valence-electron chi connectivity index (χ1n) is 13.1. The van der Waals surface area contributed by atoms with E-state index in [0.717, 1.165) is 11.8 Å². The number of benzene rings is 2. The molecule has 0 unspecified atom stereocenters. The Bertz CT molecular complexity index is 1640. The molecule has 41 heavy (non-hydrogen) atoms. The van der Waals surface area contributed by atoms with Gasteiger partial charge in [-0.15, -0.1) is 0 Å². The van der Waals surface area contributed by atoms with Gasteiger partial charge in [-0.05, 0) is 38.5 Å². The van der Waals surface area contributed by atoms with Gasteiger partial charge in [-0.3, -0.25) is 33.7 Å². The van der Waals surface area contributed by atoms with Crippen molar-refractivity contribution in [1.82, 2.24) is 14.3 Å². The van der Waals surface area contributed by atoms with E-state index >= 15 is 0 Å². The smallest absolute Gasteiger partial charge is 0.295 e. The van der Waals surface area contributed by atoms with Gasteiger partial charge < -0.3 is 10.1 Å². The molecule has 2 aromatic carbocycles. The molecule has 0 aliphatic carbocycles. The van der Waals surface area contributed by atoms with Gasteiger partial charge in [0.15, 0.2) is 0 Å². The lowest BCUT2D eigenvalue weighted by atomic mass is 10.1. The number of thiocarbonyl (C=S) groups is 1. The number of hydrogen-bond donors (Lipinski definition) is 1. The summed E-state index contributed by atoms with van der Waals surface area (Å²) in [5.74, 6) is -1.34. The van der Waals surface area contributed by atoms with Crippen LogP contribution in [-0.4, -0.2) is 62.6 Å². The number of carbonyl (C=O) groups is 3. The second-order valence-electron chi connectivity index (χ2n) is 9.47. The lowest BCUT2D eigenvalue weighted by molar-refractivity contribution is -0.122. The van der Waals surface area contributed by atoms with Crippen molar-refractivity contribution >= 4 is 63.0 Å². The normalized spacial score (nSPS) is 16.6. The highest BCUT2D eigenvalue weighted by Crippen LogP contribution is 2.44. The molecule has 10 nitrogen and oxygen atoms in total. The molecule has 0 atom stereocenters. The van der Waals surface area contributed by atoms with Crippen LogP contribution in [0.25, 0.3) is 11.3 Å². The van der Waals surface area contributed by atoms with Crippen molar-refractivity contribution in [3.05, 3.63) is 81.1 Å². The van der Waals surface area contributed by atoms with Crippen molar-refractivity contribution < 1.29 is 19.1 Å². The van der Waals surface area contributed by atoms with Crippen LogP contribution in [0.1, 0.15) is 24.6 Å². The molecule has 12 heteroatoms. The fourth-order valence-electron chi connectivity index (χ4n) is 4.90. The van der Waals surface area contributed by atoms with Crippen molar-refractivity contribution in [3.63, 3.8) is 0 Å². The third-order valence-corrected chi connectivity index (χ3v) is 8.44. The Morgan fingerprint density at radius 2 is 1.71 bits per heavy atom. The summed E-state index contributed by atoms with van der Waals surface area (Å²) in [6.07, 6.45) is 0.616. The molecular weight excluding hydrogens is 562 g/mol. The zero-order valence-electron chi connectivity index (χ0n) is 22.9. The highest BCUT2D eigenvalue weighted by Gasteiger charge is 2.42. The maximum absolute atomic E-state index is 13.7. The number of carbonyl (C=O) groups excluding carboxylic acids is 3. The minimum atomic E-state index is -0.538. The average Bonchev–Trinajstić information content (AvgIpc) is 3.48. The van der Waals surface area contributed by atoms with Gasteiger partial charge in [-0.2, -0.15) is 0 Å². The minimum absolute atomic E-state index is 0.134. The third-order valence-electron chi connectivity index (χ3n) is 6.99. The van der Waals surface area contributed by atoms with Crippen molar-refractivity contribution in [2.75, 3.05) is 36.5 Å². The van der Waals surface area contributed by atoms with Crippen molar-refractivity contribution in [2.24, 2.45) is 7.05 Å². The highest BCUT2D eigenvalue weighted by molar-refractivity contribution is 8.26. The first-order chi connectivity index (χ1) is 19.7. The number of amides is 3.